The number of aryl methyl sites for hydroxylation is 1. The van der Waals surface area contributed by atoms with Crippen LogP contribution in [0, 0.1) is 11.3 Å². The average Bonchev–Trinajstić information content (AvgIpc) is 3.38. The van der Waals surface area contributed by atoms with Crippen LogP contribution in [0.15, 0.2) is 18.2 Å². The van der Waals surface area contributed by atoms with Gasteiger partial charge in [-0.25, -0.2) is 0 Å². The van der Waals surface area contributed by atoms with Crippen LogP contribution in [0.1, 0.15) is 27.2 Å². The summed E-state index contributed by atoms with van der Waals surface area (Å²) in [5.74, 6) is -0.360. The highest BCUT2D eigenvalue weighted by molar-refractivity contribution is 7.19. The maximum absolute atomic E-state index is 13.3. The molecule has 0 atom stereocenters. The first-order valence-electron chi connectivity index (χ1n) is 9.50. The van der Waals surface area contributed by atoms with E-state index in [1.54, 1.807) is 18.2 Å². The third-order valence-corrected chi connectivity index (χ3v) is 7.48. The number of carbonyl (C=O) groups excluding carboxylic acids is 1. The van der Waals surface area contributed by atoms with Crippen LogP contribution in [-0.4, -0.2) is 42.4 Å². The van der Waals surface area contributed by atoms with E-state index in [0.717, 1.165) is 16.4 Å². The smallest absolute Gasteiger partial charge is 0.268 e. The number of nitriles is 1. The SMILES string of the molecule is CCc1nnc(NC(=O)c2sc(N3CCOCC3)c(C#N)c2-c2ccc(Cl)cc2Cl)s1. The minimum atomic E-state index is -0.360. The second-order valence-electron chi connectivity index (χ2n) is 6.63. The molecule has 0 spiro atoms. The van der Waals surface area contributed by atoms with Gasteiger partial charge in [0.15, 0.2) is 0 Å². The van der Waals surface area contributed by atoms with Crippen LogP contribution in [0.3, 0.4) is 0 Å². The summed E-state index contributed by atoms with van der Waals surface area (Å²) >= 11 is 15.1. The molecule has 7 nitrogen and oxygen atoms in total. The van der Waals surface area contributed by atoms with E-state index in [2.05, 4.69) is 26.5 Å². The predicted molar refractivity (Wildman–Crippen MR) is 125 cm³/mol. The highest BCUT2D eigenvalue weighted by Crippen LogP contribution is 2.45. The lowest BCUT2D eigenvalue weighted by Crippen LogP contribution is -2.36. The van der Waals surface area contributed by atoms with E-state index in [9.17, 15) is 10.1 Å². The number of anilines is 2. The maximum atomic E-state index is 13.3. The number of aromatic nitrogens is 2. The monoisotopic (exact) mass is 493 g/mol. The zero-order chi connectivity index (χ0) is 22.0. The van der Waals surface area contributed by atoms with Gasteiger partial charge in [0.25, 0.3) is 5.91 Å². The number of nitrogens with zero attached hydrogens (tertiary/aromatic N) is 4. The molecule has 0 saturated carbocycles. The van der Waals surface area contributed by atoms with Crippen LogP contribution >= 0.6 is 45.9 Å². The quantitative estimate of drug-likeness (QED) is 0.531. The molecule has 11 heteroatoms. The fraction of sp³-hybridized carbons (Fsp3) is 0.300. The van der Waals surface area contributed by atoms with Gasteiger partial charge in [-0.05, 0) is 18.6 Å². The fourth-order valence-electron chi connectivity index (χ4n) is 3.22. The largest absolute Gasteiger partial charge is 0.378 e. The summed E-state index contributed by atoms with van der Waals surface area (Å²) in [6.07, 6.45) is 0.734. The molecule has 0 radical (unpaired) electrons. The first-order chi connectivity index (χ1) is 15.0. The van der Waals surface area contributed by atoms with Gasteiger partial charge < -0.3 is 9.64 Å². The van der Waals surface area contributed by atoms with E-state index in [1.165, 1.54) is 22.7 Å². The first kappa shape index (κ1) is 22.0. The maximum Gasteiger partial charge on any atom is 0.268 e. The third-order valence-electron chi connectivity index (χ3n) is 4.70. The average molecular weight is 494 g/mol. The summed E-state index contributed by atoms with van der Waals surface area (Å²) in [6.45, 7) is 4.37. The molecule has 1 fully saturated rings. The van der Waals surface area contributed by atoms with E-state index in [-0.39, 0.29) is 5.91 Å². The van der Waals surface area contributed by atoms with Gasteiger partial charge in [0.05, 0.1) is 18.8 Å². The molecule has 0 unspecified atom stereocenters. The number of benzene rings is 1. The molecule has 1 aliphatic heterocycles. The molecule has 1 aromatic carbocycles. The van der Waals surface area contributed by atoms with Gasteiger partial charge in [-0.1, -0.05) is 47.5 Å². The number of ether oxygens (including phenoxy) is 1. The molecule has 3 heterocycles. The number of morpholine rings is 1. The third kappa shape index (κ3) is 4.54. The summed E-state index contributed by atoms with van der Waals surface area (Å²) in [4.78, 5) is 15.7. The Bertz CT molecular complexity index is 1170. The number of amides is 1. The highest BCUT2D eigenvalue weighted by atomic mass is 35.5. The standard InChI is InChI=1S/C20H17Cl2N5O2S2/c1-2-15-25-26-20(30-15)24-18(28)17-16(12-4-3-11(21)9-14(12)22)13(10-23)19(31-17)27-5-7-29-8-6-27/h3-4,9H,2,5-8H2,1H3,(H,24,26,28). The Hall–Kier alpha value is -2.22. The Morgan fingerprint density at radius 2 is 2.06 bits per heavy atom. The molecule has 1 N–H and O–H groups in total. The van der Waals surface area contributed by atoms with Crippen LogP contribution in [-0.2, 0) is 11.2 Å². The van der Waals surface area contributed by atoms with Crippen molar-refractivity contribution in [1.82, 2.24) is 10.2 Å². The molecule has 3 aromatic rings. The fourth-order valence-corrected chi connectivity index (χ4v) is 5.61. The number of hydrogen-bond donors (Lipinski definition) is 1. The number of thiophene rings is 1. The second-order valence-corrected chi connectivity index (χ2v) is 9.54. The van der Waals surface area contributed by atoms with Gasteiger partial charge in [0, 0.05) is 34.3 Å². The number of carbonyl (C=O) groups is 1. The first-order valence-corrected chi connectivity index (χ1v) is 11.9. The van der Waals surface area contributed by atoms with Crippen LogP contribution < -0.4 is 10.2 Å². The molecule has 1 saturated heterocycles. The van der Waals surface area contributed by atoms with Crippen molar-refractivity contribution in [2.24, 2.45) is 0 Å². The zero-order valence-corrected chi connectivity index (χ0v) is 19.6. The van der Waals surface area contributed by atoms with Crippen molar-refractivity contribution in [3.8, 4) is 17.2 Å². The summed E-state index contributed by atoms with van der Waals surface area (Å²) < 4.78 is 5.44. The highest BCUT2D eigenvalue weighted by Gasteiger charge is 2.29. The molecule has 0 bridgehead atoms. The Morgan fingerprint density at radius 3 is 2.71 bits per heavy atom. The zero-order valence-electron chi connectivity index (χ0n) is 16.4. The molecule has 1 aliphatic rings. The van der Waals surface area contributed by atoms with E-state index in [4.69, 9.17) is 27.9 Å². The summed E-state index contributed by atoms with van der Waals surface area (Å²) in [5.41, 5.74) is 1.48. The normalized spacial score (nSPS) is 13.8. The van der Waals surface area contributed by atoms with Crippen LogP contribution in [0.4, 0.5) is 10.1 Å². The number of hydrogen-bond acceptors (Lipinski definition) is 8. The Balaban J connectivity index is 1.82. The number of rotatable bonds is 5. The van der Waals surface area contributed by atoms with E-state index >= 15 is 0 Å². The Morgan fingerprint density at radius 1 is 1.29 bits per heavy atom. The second kappa shape index (κ2) is 9.51. The van der Waals surface area contributed by atoms with Gasteiger partial charge in [-0.15, -0.1) is 21.5 Å². The van der Waals surface area contributed by atoms with Crippen LogP contribution in [0.5, 0.6) is 0 Å². The molecule has 31 heavy (non-hydrogen) atoms. The lowest BCUT2D eigenvalue weighted by Gasteiger charge is -2.27. The van der Waals surface area contributed by atoms with E-state index < -0.39 is 0 Å². The van der Waals surface area contributed by atoms with Crippen molar-refractivity contribution in [2.75, 3.05) is 36.5 Å². The topological polar surface area (TPSA) is 91.1 Å². The van der Waals surface area contributed by atoms with Crippen molar-refractivity contribution in [3.05, 3.63) is 43.7 Å². The Kier molecular flexibility index (Phi) is 6.74. The molecule has 0 aliphatic carbocycles. The molecule has 2 aromatic heterocycles. The lowest BCUT2D eigenvalue weighted by atomic mass is 10.0. The van der Waals surface area contributed by atoms with Gasteiger partial charge in [0.1, 0.15) is 21.0 Å². The minimum Gasteiger partial charge on any atom is -0.378 e. The minimum absolute atomic E-state index is 0.360. The molecule has 4 rings (SSSR count). The number of halogens is 2. The lowest BCUT2D eigenvalue weighted by molar-refractivity contribution is 0.103. The van der Waals surface area contributed by atoms with Gasteiger partial charge in [-0.3, -0.25) is 10.1 Å². The van der Waals surface area contributed by atoms with Gasteiger partial charge in [-0.2, -0.15) is 5.26 Å². The number of nitrogens with one attached hydrogen (secondary N) is 1. The molecule has 1 amide bonds. The van der Waals surface area contributed by atoms with E-state index in [0.29, 0.717) is 63.0 Å². The summed E-state index contributed by atoms with van der Waals surface area (Å²) in [6, 6.07) is 7.31. The van der Waals surface area contributed by atoms with Gasteiger partial charge in [0.2, 0.25) is 5.13 Å². The molecular weight excluding hydrogens is 477 g/mol. The molecule has 160 valence electrons. The van der Waals surface area contributed by atoms with Crippen molar-refractivity contribution in [2.45, 2.75) is 13.3 Å². The predicted octanol–water partition coefficient (Wildman–Crippen LogP) is 5.10. The van der Waals surface area contributed by atoms with Crippen molar-refractivity contribution >= 4 is 61.9 Å². The van der Waals surface area contributed by atoms with Crippen LogP contribution in [0.25, 0.3) is 11.1 Å². The van der Waals surface area contributed by atoms with Crippen molar-refractivity contribution in [1.29, 1.82) is 5.26 Å². The Labute approximate surface area is 197 Å². The van der Waals surface area contributed by atoms with Crippen LogP contribution in [0.2, 0.25) is 10.0 Å². The summed E-state index contributed by atoms with van der Waals surface area (Å²) in [7, 11) is 0. The van der Waals surface area contributed by atoms with E-state index in [1.807, 2.05) is 6.92 Å². The van der Waals surface area contributed by atoms with Crippen molar-refractivity contribution in [3.63, 3.8) is 0 Å². The van der Waals surface area contributed by atoms with Gasteiger partial charge >= 0.3 is 0 Å². The van der Waals surface area contributed by atoms with Crippen molar-refractivity contribution < 1.29 is 9.53 Å². The molecular formula is C20H17Cl2N5O2S2. The summed E-state index contributed by atoms with van der Waals surface area (Å²) in [5, 5.41) is 23.7.